The molecule has 2 aliphatic rings. The van der Waals surface area contributed by atoms with Crippen LogP contribution in [0.4, 0.5) is 11.8 Å². The van der Waals surface area contributed by atoms with Crippen molar-refractivity contribution in [1.82, 2.24) is 9.97 Å². The second-order valence-electron chi connectivity index (χ2n) is 9.32. The molecule has 0 radical (unpaired) electrons. The van der Waals surface area contributed by atoms with E-state index in [1.54, 1.807) is 13.3 Å². The van der Waals surface area contributed by atoms with Gasteiger partial charge in [0, 0.05) is 18.2 Å². The minimum absolute atomic E-state index is 0.131. The van der Waals surface area contributed by atoms with Gasteiger partial charge in [-0.15, -0.1) is 6.42 Å². The summed E-state index contributed by atoms with van der Waals surface area (Å²) in [6, 6.07) is 6.42. The highest BCUT2D eigenvalue weighted by atomic mass is 16.5. The van der Waals surface area contributed by atoms with Crippen molar-refractivity contribution >= 4 is 17.3 Å². The van der Waals surface area contributed by atoms with Crippen LogP contribution in [-0.4, -0.2) is 40.9 Å². The van der Waals surface area contributed by atoms with E-state index in [2.05, 4.69) is 52.5 Å². The molecule has 6 heteroatoms. The predicted octanol–water partition coefficient (Wildman–Crippen LogP) is 4.26. The summed E-state index contributed by atoms with van der Waals surface area (Å²) < 4.78 is 5.49. The number of nitrogens with one attached hydrogen (secondary N) is 2. The Morgan fingerprint density at radius 1 is 1.31 bits per heavy atom. The molecule has 168 valence electrons. The molecule has 4 rings (SSSR count). The molecule has 32 heavy (non-hydrogen) atoms. The number of aliphatic hydroxyl groups is 1. The highest BCUT2D eigenvalue weighted by Gasteiger charge is 2.35. The Morgan fingerprint density at radius 2 is 2.16 bits per heavy atom. The minimum atomic E-state index is -0.273. The molecule has 0 saturated heterocycles. The Labute approximate surface area is 190 Å². The zero-order valence-electron chi connectivity index (χ0n) is 19.1. The number of ether oxygens (including phenoxy) is 1. The number of nitrogens with zero attached hydrogens (tertiary/aromatic N) is 2. The van der Waals surface area contributed by atoms with Crippen molar-refractivity contribution in [3.05, 3.63) is 47.2 Å². The van der Waals surface area contributed by atoms with Crippen molar-refractivity contribution in [2.24, 2.45) is 5.41 Å². The van der Waals surface area contributed by atoms with Gasteiger partial charge in [0.25, 0.3) is 0 Å². The highest BCUT2D eigenvalue weighted by Crippen LogP contribution is 2.37. The number of anilines is 2. The van der Waals surface area contributed by atoms with Crippen molar-refractivity contribution < 1.29 is 9.84 Å². The van der Waals surface area contributed by atoms with Gasteiger partial charge < -0.3 is 20.5 Å². The number of hydrogen-bond donors (Lipinski definition) is 3. The normalized spacial score (nSPS) is 21.3. The summed E-state index contributed by atoms with van der Waals surface area (Å²) in [5.41, 5.74) is 4.35. The minimum Gasteiger partial charge on any atom is -0.496 e. The SMILES string of the molecule is C#Cc1cnc(NCCC2=CCc3c(OC)cccc32)nc1N[C@@H]1CC[C@H](O)C(C)(C)C1. The Balaban J connectivity index is 1.39. The van der Waals surface area contributed by atoms with Crippen LogP contribution in [0.2, 0.25) is 0 Å². The topological polar surface area (TPSA) is 79.3 Å². The number of rotatable bonds is 7. The van der Waals surface area contributed by atoms with Gasteiger partial charge in [-0.1, -0.05) is 38.0 Å². The van der Waals surface area contributed by atoms with Crippen molar-refractivity contribution in [1.29, 1.82) is 0 Å². The fourth-order valence-electron chi connectivity index (χ4n) is 4.77. The first-order chi connectivity index (χ1) is 15.4. The maximum absolute atomic E-state index is 10.2. The fraction of sp³-hybridized carbons (Fsp3) is 0.462. The number of benzene rings is 1. The maximum Gasteiger partial charge on any atom is 0.224 e. The Hall–Kier alpha value is -3.04. The number of methoxy groups -OCH3 is 1. The van der Waals surface area contributed by atoms with E-state index in [4.69, 9.17) is 11.2 Å². The number of allylic oxidation sites excluding steroid dienone is 1. The lowest BCUT2D eigenvalue weighted by Gasteiger charge is -2.40. The monoisotopic (exact) mass is 432 g/mol. The van der Waals surface area contributed by atoms with Gasteiger partial charge in [-0.3, -0.25) is 0 Å². The van der Waals surface area contributed by atoms with Gasteiger partial charge in [0.05, 0.1) is 25.0 Å². The molecular weight excluding hydrogens is 400 g/mol. The standard InChI is InChI=1S/C26H32N4O2/c1-5-17-16-28-25(30-24(17)29-19-10-12-23(31)26(2,3)15-19)27-14-13-18-9-11-21-20(18)7-6-8-22(21)32-4/h1,6-9,16,19,23,31H,10-15H2,2-4H3,(H2,27,28,29,30)/t19-,23+/m1/s1. The number of fused-ring (bicyclic) bond motifs is 1. The first kappa shape index (κ1) is 22.2. The molecule has 2 aromatic rings. The molecule has 1 aromatic heterocycles. The molecule has 0 spiro atoms. The van der Waals surface area contributed by atoms with Crippen LogP contribution in [-0.2, 0) is 6.42 Å². The molecule has 1 fully saturated rings. The average molecular weight is 433 g/mol. The van der Waals surface area contributed by atoms with Crippen molar-refractivity contribution in [3.63, 3.8) is 0 Å². The van der Waals surface area contributed by atoms with Gasteiger partial charge >= 0.3 is 0 Å². The van der Waals surface area contributed by atoms with Crippen LogP contribution in [0.1, 0.15) is 56.2 Å². The first-order valence-electron chi connectivity index (χ1n) is 11.3. The van der Waals surface area contributed by atoms with E-state index in [1.807, 2.05) is 12.1 Å². The molecule has 0 unspecified atom stereocenters. The van der Waals surface area contributed by atoms with E-state index in [0.717, 1.165) is 44.4 Å². The molecule has 2 atom stereocenters. The Morgan fingerprint density at radius 3 is 2.91 bits per heavy atom. The molecule has 0 bridgehead atoms. The van der Waals surface area contributed by atoms with Crippen molar-refractivity contribution in [3.8, 4) is 18.1 Å². The smallest absolute Gasteiger partial charge is 0.224 e. The van der Waals surface area contributed by atoms with Crippen LogP contribution in [0.3, 0.4) is 0 Å². The number of aliphatic hydroxyl groups excluding tert-OH is 1. The van der Waals surface area contributed by atoms with Crippen LogP contribution >= 0.6 is 0 Å². The van der Waals surface area contributed by atoms with Crippen LogP contribution < -0.4 is 15.4 Å². The summed E-state index contributed by atoms with van der Waals surface area (Å²) in [5.74, 6) is 4.87. The zero-order valence-corrected chi connectivity index (χ0v) is 19.1. The lowest BCUT2D eigenvalue weighted by Crippen LogP contribution is -2.41. The fourth-order valence-corrected chi connectivity index (χ4v) is 4.77. The van der Waals surface area contributed by atoms with Gasteiger partial charge in [-0.2, -0.15) is 4.98 Å². The molecule has 0 aliphatic heterocycles. The van der Waals surface area contributed by atoms with E-state index in [0.29, 0.717) is 17.3 Å². The van der Waals surface area contributed by atoms with E-state index in [-0.39, 0.29) is 17.6 Å². The number of hydrogen-bond acceptors (Lipinski definition) is 6. The predicted molar refractivity (Wildman–Crippen MR) is 129 cm³/mol. The average Bonchev–Trinajstić information content (AvgIpc) is 3.19. The third-order valence-corrected chi connectivity index (χ3v) is 6.68. The van der Waals surface area contributed by atoms with E-state index >= 15 is 0 Å². The van der Waals surface area contributed by atoms with Gasteiger partial charge in [0.15, 0.2) is 0 Å². The number of terminal acetylenes is 1. The van der Waals surface area contributed by atoms with Crippen LogP contribution in [0, 0.1) is 17.8 Å². The summed E-state index contributed by atoms with van der Waals surface area (Å²) in [7, 11) is 1.72. The Bertz CT molecular complexity index is 1050. The van der Waals surface area contributed by atoms with Gasteiger partial charge in [0.2, 0.25) is 5.95 Å². The van der Waals surface area contributed by atoms with Gasteiger partial charge in [-0.05, 0) is 54.7 Å². The molecule has 6 nitrogen and oxygen atoms in total. The van der Waals surface area contributed by atoms with E-state index in [9.17, 15) is 5.11 Å². The highest BCUT2D eigenvalue weighted by molar-refractivity contribution is 5.75. The van der Waals surface area contributed by atoms with Crippen LogP contribution in [0.5, 0.6) is 5.75 Å². The third-order valence-electron chi connectivity index (χ3n) is 6.68. The van der Waals surface area contributed by atoms with Gasteiger partial charge in [-0.25, -0.2) is 4.98 Å². The largest absolute Gasteiger partial charge is 0.496 e. The second-order valence-corrected chi connectivity index (χ2v) is 9.32. The second kappa shape index (κ2) is 9.22. The maximum atomic E-state index is 10.2. The molecule has 2 aliphatic carbocycles. The Kier molecular flexibility index (Phi) is 6.38. The van der Waals surface area contributed by atoms with Crippen LogP contribution in [0.25, 0.3) is 5.57 Å². The summed E-state index contributed by atoms with van der Waals surface area (Å²) in [5, 5.41) is 17.1. The molecule has 1 aromatic carbocycles. The van der Waals surface area contributed by atoms with Crippen molar-refractivity contribution in [2.45, 2.75) is 58.1 Å². The zero-order chi connectivity index (χ0) is 22.7. The van der Waals surface area contributed by atoms with Crippen molar-refractivity contribution in [2.75, 3.05) is 24.3 Å². The quantitative estimate of drug-likeness (QED) is 0.568. The third kappa shape index (κ3) is 4.58. The lowest BCUT2D eigenvalue weighted by molar-refractivity contribution is 0.00926. The molecular formula is C26H32N4O2. The summed E-state index contributed by atoms with van der Waals surface area (Å²) in [6.45, 7) is 4.93. The van der Waals surface area contributed by atoms with Gasteiger partial charge in [0.1, 0.15) is 11.6 Å². The molecule has 1 heterocycles. The summed E-state index contributed by atoms with van der Waals surface area (Å²) >= 11 is 0. The van der Waals surface area contributed by atoms with Crippen LogP contribution in [0.15, 0.2) is 30.5 Å². The molecule has 1 saturated carbocycles. The van der Waals surface area contributed by atoms with E-state index < -0.39 is 0 Å². The molecule has 3 N–H and O–H groups in total. The summed E-state index contributed by atoms with van der Waals surface area (Å²) in [6.07, 6.45) is 13.7. The van der Waals surface area contributed by atoms with E-state index in [1.165, 1.54) is 16.7 Å². The summed E-state index contributed by atoms with van der Waals surface area (Å²) in [4.78, 5) is 9.06. The lowest BCUT2D eigenvalue weighted by atomic mass is 9.73. The molecule has 0 amide bonds. The first-order valence-corrected chi connectivity index (χ1v) is 11.3. The number of aromatic nitrogens is 2.